The van der Waals surface area contributed by atoms with Crippen molar-refractivity contribution in [3.63, 3.8) is 0 Å². The molecule has 1 heterocycles. The number of hydrogen-bond donors (Lipinski definition) is 1. The maximum Gasteiger partial charge on any atom is 0.186 e. The van der Waals surface area contributed by atoms with Gasteiger partial charge in [-0.25, -0.2) is 4.79 Å². The van der Waals surface area contributed by atoms with Crippen LogP contribution in [0.3, 0.4) is 0 Å². The Hall–Kier alpha value is -1.52. The van der Waals surface area contributed by atoms with Crippen LogP contribution in [0.4, 0.5) is 5.69 Å². The zero-order valence-electron chi connectivity index (χ0n) is 11.7. The molecule has 1 atom stereocenters. The second kappa shape index (κ2) is 5.85. The topological polar surface area (TPSA) is 53.0 Å². The van der Waals surface area contributed by atoms with Gasteiger partial charge in [0.1, 0.15) is 5.94 Å². The molecule has 0 bridgehead atoms. The molecule has 1 aliphatic heterocycles. The van der Waals surface area contributed by atoms with Gasteiger partial charge in [-0.3, -0.25) is 0 Å². The SMILES string of the molecule is COC1=c2c(cc(Cl)cc2=C=O)N(CCN(C)C)C1O. The first-order valence-electron chi connectivity index (χ1n) is 6.22. The molecule has 0 saturated heterocycles. The van der Waals surface area contributed by atoms with Crippen molar-refractivity contribution < 1.29 is 14.6 Å². The molecule has 1 aromatic rings. The molecule has 0 aliphatic carbocycles. The molecule has 0 spiro atoms. The highest BCUT2D eigenvalue weighted by Crippen LogP contribution is 2.24. The Labute approximate surface area is 122 Å². The Morgan fingerprint density at radius 3 is 2.75 bits per heavy atom. The van der Waals surface area contributed by atoms with Gasteiger partial charge in [-0.2, -0.15) is 0 Å². The van der Waals surface area contributed by atoms with Crippen molar-refractivity contribution in [3.05, 3.63) is 27.6 Å². The summed E-state index contributed by atoms with van der Waals surface area (Å²) in [5.41, 5.74) is 0.696. The van der Waals surface area contributed by atoms with E-state index in [1.165, 1.54) is 13.2 Å². The zero-order chi connectivity index (χ0) is 14.9. The smallest absolute Gasteiger partial charge is 0.186 e. The molecule has 108 valence electrons. The van der Waals surface area contributed by atoms with E-state index in [2.05, 4.69) is 0 Å². The van der Waals surface area contributed by atoms with Gasteiger partial charge in [0.05, 0.1) is 23.2 Å². The van der Waals surface area contributed by atoms with E-state index in [-0.39, 0.29) is 0 Å². The number of aliphatic hydroxyl groups excluding tert-OH is 1. The number of benzene rings is 1. The van der Waals surface area contributed by atoms with Crippen LogP contribution in [0, 0.1) is 0 Å². The van der Waals surface area contributed by atoms with Crippen LogP contribution in [-0.2, 0) is 9.53 Å². The van der Waals surface area contributed by atoms with Crippen molar-refractivity contribution in [2.24, 2.45) is 0 Å². The van der Waals surface area contributed by atoms with Crippen LogP contribution in [0.25, 0.3) is 5.76 Å². The summed E-state index contributed by atoms with van der Waals surface area (Å²) in [6.07, 6.45) is -0.916. The maximum absolute atomic E-state index is 11.1. The fourth-order valence-electron chi connectivity index (χ4n) is 2.32. The number of fused-ring (bicyclic) bond motifs is 1. The van der Waals surface area contributed by atoms with E-state index in [1.807, 2.05) is 24.9 Å². The summed E-state index contributed by atoms with van der Waals surface area (Å²) in [6.45, 7) is 1.34. The maximum atomic E-state index is 11.1. The zero-order valence-corrected chi connectivity index (χ0v) is 12.4. The summed E-state index contributed by atoms with van der Waals surface area (Å²) in [4.78, 5) is 14.9. The van der Waals surface area contributed by atoms with Crippen molar-refractivity contribution in [1.82, 2.24) is 4.90 Å². The average molecular weight is 297 g/mol. The average Bonchev–Trinajstić information content (AvgIpc) is 2.66. The first-order chi connectivity index (χ1) is 9.49. The number of methoxy groups -OCH3 is 1. The molecule has 6 heteroatoms. The molecule has 2 rings (SSSR count). The number of rotatable bonds is 4. The number of carbonyl (C=O) groups excluding carboxylic acids is 1. The van der Waals surface area contributed by atoms with Gasteiger partial charge < -0.3 is 19.6 Å². The minimum atomic E-state index is -0.916. The molecule has 5 nitrogen and oxygen atoms in total. The molecule has 1 unspecified atom stereocenters. The van der Waals surface area contributed by atoms with Gasteiger partial charge in [0.15, 0.2) is 12.0 Å². The van der Waals surface area contributed by atoms with Crippen LogP contribution in [0.5, 0.6) is 0 Å². The lowest BCUT2D eigenvalue weighted by molar-refractivity contribution is 0.176. The summed E-state index contributed by atoms with van der Waals surface area (Å²) >= 11 is 6.03. The molecule has 1 aliphatic rings. The summed E-state index contributed by atoms with van der Waals surface area (Å²) in [5, 5.41) is 11.7. The highest BCUT2D eigenvalue weighted by atomic mass is 35.5. The minimum absolute atomic E-state index is 0.302. The first kappa shape index (κ1) is 14.9. The number of hydrogen-bond acceptors (Lipinski definition) is 5. The Bertz CT molecular complexity index is 653. The minimum Gasteiger partial charge on any atom is -0.496 e. The fraction of sp³-hybridized carbons (Fsp3) is 0.429. The molecule has 0 radical (unpaired) electrons. The Morgan fingerprint density at radius 2 is 2.20 bits per heavy atom. The Balaban J connectivity index is 2.60. The van der Waals surface area contributed by atoms with Crippen LogP contribution in [0.2, 0.25) is 5.02 Å². The quantitative estimate of drug-likeness (QED) is 0.796. The molecule has 20 heavy (non-hydrogen) atoms. The van der Waals surface area contributed by atoms with Gasteiger partial charge in [0.25, 0.3) is 0 Å². The third-order valence-corrected chi connectivity index (χ3v) is 3.50. The lowest BCUT2D eigenvalue weighted by atomic mass is 10.2. The second-order valence-corrected chi connectivity index (χ2v) is 5.32. The molecule has 0 fully saturated rings. The van der Waals surface area contributed by atoms with E-state index in [1.54, 1.807) is 11.0 Å². The highest BCUT2D eigenvalue weighted by molar-refractivity contribution is 6.30. The van der Waals surface area contributed by atoms with Crippen LogP contribution < -0.4 is 15.3 Å². The van der Waals surface area contributed by atoms with E-state index in [0.717, 1.165) is 6.54 Å². The third kappa shape index (κ3) is 2.53. The Kier molecular flexibility index (Phi) is 4.35. The Morgan fingerprint density at radius 1 is 1.50 bits per heavy atom. The largest absolute Gasteiger partial charge is 0.496 e. The molecule has 1 aromatic carbocycles. The van der Waals surface area contributed by atoms with E-state index >= 15 is 0 Å². The van der Waals surface area contributed by atoms with Crippen LogP contribution in [0.15, 0.2) is 12.1 Å². The van der Waals surface area contributed by atoms with Crippen LogP contribution in [-0.4, -0.2) is 56.5 Å². The van der Waals surface area contributed by atoms with E-state index in [9.17, 15) is 9.90 Å². The first-order valence-corrected chi connectivity index (χ1v) is 6.59. The van der Waals surface area contributed by atoms with E-state index < -0.39 is 6.23 Å². The van der Waals surface area contributed by atoms with Crippen molar-refractivity contribution in [1.29, 1.82) is 0 Å². The normalized spacial score (nSPS) is 17.4. The number of ether oxygens (including phenoxy) is 1. The van der Waals surface area contributed by atoms with Gasteiger partial charge in [0, 0.05) is 18.1 Å². The van der Waals surface area contributed by atoms with Gasteiger partial charge in [-0.15, -0.1) is 0 Å². The van der Waals surface area contributed by atoms with Gasteiger partial charge in [-0.05, 0) is 26.2 Å². The molecular weight excluding hydrogens is 280 g/mol. The lowest BCUT2D eigenvalue weighted by Crippen LogP contribution is -2.38. The summed E-state index contributed by atoms with van der Waals surface area (Å²) in [5.74, 6) is 2.21. The fourth-order valence-corrected chi connectivity index (χ4v) is 2.53. The summed E-state index contributed by atoms with van der Waals surface area (Å²) < 4.78 is 5.26. The summed E-state index contributed by atoms with van der Waals surface area (Å²) in [7, 11) is 5.38. The van der Waals surface area contributed by atoms with E-state index in [4.69, 9.17) is 16.3 Å². The third-order valence-electron chi connectivity index (χ3n) is 3.29. The molecule has 1 N–H and O–H groups in total. The van der Waals surface area contributed by atoms with Crippen molar-refractivity contribution in [2.45, 2.75) is 6.23 Å². The van der Waals surface area contributed by atoms with Gasteiger partial charge in [0.2, 0.25) is 0 Å². The number of nitrogens with zero attached hydrogens (tertiary/aromatic N) is 2. The molecule has 0 saturated carbocycles. The van der Waals surface area contributed by atoms with Crippen LogP contribution in [0.1, 0.15) is 0 Å². The number of halogens is 1. The number of anilines is 1. The monoisotopic (exact) mass is 296 g/mol. The summed E-state index contributed by atoms with van der Waals surface area (Å²) in [6, 6.07) is 3.25. The van der Waals surface area contributed by atoms with Gasteiger partial charge >= 0.3 is 0 Å². The standard InChI is InChI=1S/C14H17ClN2O3/c1-16(2)4-5-17-11-7-10(15)6-9(8-18)12(11)13(20-3)14(17)19/h6-7,14,19H,4-5H2,1-3H3. The van der Waals surface area contributed by atoms with Crippen LogP contribution >= 0.6 is 11.6 Å². The second-order valence-electron chi connectivity index (χ2n) is 4.89. The van der Waals surface area contributed by atoms with Crippen molar-refractivity contribution in [2.75, 3.05) is 39.2 Å². The predicted molar refractivity (Wildman–Crippen MR) is 77.8 cm³/mol. The highest BCUT2D eigenvalue weighted by Gasteiger charge is 2.31. The predicted octanol–water partition coefficient (Wildman–Crippen LogP) is -0.702. The van der Waals surface area contributed by atoms with Gasteiger partial charge in [-0.1, -0.05) is 11.6 Å². The lowest BCUT2D eigenvalue weighted by Gasteiger charge is -2.26. The van der Waals surface area contributed by atoms with E-state index in [0.29, 0.717) is 33.5 Å². The molecule has 0 amide bonds. The number of aliphatic hydroxyl groups is 1. The molecule has 0 aromatic heterocycles. The van der Waals surface area contributed by atoms with Crippen molar-refractivity contribution in [3.8, 4) is 0 Å². The number of likely N-dealkylation sites (N-methyl/N-ethyl adjacent to an activating group) is 1. The molecular formula is C14H17ClN2O3. The van der Waals surface area contributed by atoms with Crippen molar-refractivity contribution >= 4 is 29.0 Å².